The van der Waals surface area contributed by atoms with Crippen LogP contribution in [0.15, 0.2) is 18.2 Å². The van der Waals surface area contributed by atoms with E-state index < -0.39 is 6.10 Å². The van der Waals surface area contributed by atoms with Crippen molar-refractivity contribution < 1.29 is 9.84 Å². The van der Waals surface area contributed by atoms with Crippen molar-refractivity contribution in [2.45, 2.75) is 26.4 Å². The molecule has 0 aromatic heterocycles. The van der Waals surface area contributed by atoms with E-state index in [1.54, 1.807) is 0 Å². The fraction of sp³-hybridized carbons (Fsp3) is 0.538. The molecule has 0 aliphatic heterocycles. The molecule has 17 heavy (non-hydrogen) atoms. The lowest BCUT2D eigenvalue weighted by Gasteiger charge is -2.13. The van der Waals surface area contributed by atoms with Crippen LogP contribution in [0, 0.1) is 0 Å². The maximum absolute atomic E-state index is 9.61. The van der Waals surface area contributed by atoms with Gasteiger partial charge in [-0.2, -0.15) is 0 Å². The quantitative estimate of drug-likeness (QED) is 0.787. The van der Waals surface area contributed by atoms with Crippen LogP contribution in [0.2, 0.25) is 5.02 Å². The first kappa shape index (κ1) is 14.3. The number of nitrogens with one attached hydrogen (secondary N) is 1. The zero-order valence-corrected chi connectivity index (χ0v) is 11.1. The molecule has 2 N–H and O–H groups in total. The Kier molecular flexibility index (Phi) is 6.34. The topological polar surface area (TPSA) is 41.5 Å². The fourth-order valence-electron chi connectivity index (χ4n) is 1.47. The zero-order valence-electron chi connectivity index (χ0n) is 10.4. The summed E-state index contributed by atoms with van der Waals surface area (Å²) in [5.41, 5.74) is 1.06. The summed E-state index contributed by atoms with van der Waals surface area (Å²) < 4.78 is 5.51. The summed E-state index contributed by atoms with van der Waals surface area (Å²) in [6.07, 6.45) is 0.381. The number of aryl methyl sites for hydroxylation is 1. The molecule has 3 nitrogen and oxygen atoms in total. The van der Waals surface area contributed by atoms with Crippen LogP contribution in [0.3, 0.4) is 0 Å². The van der Waals surface area contributed by atoms with Gasteiger partial charge in [-0.05, 0) is 36.7 Å². The number of rotatable bonds is 7. The molecular weight excluding hydrogens is 238 g/mol. The van der Waals surface area contributed by atoms with E-state index in [1.165, 1.54) is 0 Å². The first-order chi connectivity index (χ1) is 8.17. The molecule has 0 amide bonds. The number of likely N-dealkylation sites (N-methyl/N-ethyl adjacent to an activating group) is 1. The number of hydrogen-bond acceptors (Lipinski definition) is 3. The molecule has 0 radical (unpaired) electrons. The lowest BCUT2D eigenvalue weighted by Crippen LogP contribution is -2.31. The largest absolute Gasteiger partial charge is 0.491 e. The predicted octanol–water partition coefficient (Wildman–Crippen LogP) is 2.25. The van der Waals surface area contributed by atoms with Crippen molar-refractivity contribution in [2.75, 3.05) is 19.7 Å². The smallest absolute Gasteiger partial charge is 0.119 e. The Labute approximate surface area is 108 Å². The molecule has 0 aliphatic carbocycles. The SMILES string of the molecule is CCNCC(O)COc1ccc(Cl)c(CC)c1. The van der Waals surface area contributed by atoms with Gasteiger partial charge in [0.05, 0.1) is 0 Å². The number of hydrogen-bond donors (Lipinski definition) is 2. The molecule has 1 rings (SSSR count). The molecule has 0 spiro atoms. The number of ether oxygens (including phenoxy) is 1. The molecular formula is C13H20ClNO2. The van der Waals surface area contributed by atoms with Gasteiger partial charge in [0.15, 0.2) is 0 Å². The van der Waals surface area contributed by atoms with Gasteiger partial charge in [0.1, 0.15) is 18.5 Å². The van der Waals surface area contributed by atoms with Gasteiger partial charge in [0.2, 0.25) is 0 Å². The van der Waals surface area contributed by atoms with Gasteiger partial charge in [0, 0.05) is 11.6 Å². The highest BCUT2D eigenvalue weighted by Crippen LogP contribution is 2.22. The summed E-state index contributed by atoms with van der Waals surface area (Å²) >= 11 is 6.01. The van der Waals surface area contributed by atoms with Crippen LogP contribution in [-0.4, -0.2) is 30.9 Å². The van der Waals surface area contributed by atoms with Crippen LogP contribution in [0.5, 0.6) is 5.75 Å². The molecule has 0 saturated carbocycles. The van der Waals surface area contributed by atoms with Crippen LogP contribution in [0.25, 0.3) is 0 Å². The van der Waals surface area contributed by atoms with Crippen molar-refractivity contribution in [1.29, 1.82) is 0 Å². The van der Waals surface area contributed by atoms with E-state index in [9.17, 15) is 5.11 Å². The van der Waals surface area contributed by atoms with Crippen molar-refractivity contribution in [3.05, 3.63) is 28.8 Å². The second-order valence-corrected chi connectivity index (χ2v) is 4.29. The molecule has 96 valence electrons. The van der Waals surface area contributed by atoms with Gasteiger partial charge >= 0.3 is 0 Å². The Hall–Kier alpha value is -0.770. The van der Waals surface area contributed by atoms with Crippen LogP contribution in [-0.2, 0) is 6.42 Å². The van der Waals surface area contributed by atoms with Crippen molar-refractivity contribution in [1.82, 2.24) is 5.32 Å². The second-order valence-electron chi connectivity index (χ2n) is 3.88. The Morgan fingerprint density at radius 2 is 2.18 bits per heavy atom. The zero-order chi connectivity index (χ0) is 12.7. The van der Waals surface area contributed by atoms with Crippen LogP contribution >= 0.6 is 11.6 Å². The fourth-order valence-corrected chi connectivity index (χ4v) is 1.73. The third-order valence-electron chi connectivity index (χ3n) is 2.47. The first-order valence-corrected chi connectivity index (χ1v) is 6.35. The number of aliphatic hydroxyl groups excluding tert-OH is 1. The average molecular weight is 258 g/mol. The van der Waals surface area contributed by atoms with E-state index in [0.717, 1.165) is 29.3 Å². The van der Waals surface area contributed by atoms with Crippen molar-refractivity contribution >= 4 is 11.6 Å². The molecule has 1 unspecified atom stereocenters. The van der Waals surface area contributed by atoms with Gasteiger partial charge in [-0.15, -0.1) is 0 Å². The maximum atomic E-state index is 9.61. The lowest BCUT2D eigenvalue weighted by molar-refractivity contribution is 0.107. The minimum atomic E-state index is -0.490. The standard InChI is InChI=1S/C13H20ClNO2/c1-3-10-7-12(5-6-13(10)14)17-9-11(16)8-15-4-2/h5-7,11,15-16H,3-4,8-9H2,1-2H3. The summed E-state index contributed by atoms with van der Waals surface area (Å²) in [4.78, 5) is 0. The number of benzene rings is 1. The Balaban J connectivity index is 2.46. The predicted molar refractivity (Wildman–Crippen MR) is 70.9 cm³/mol. The molecule has 1 aromatic carbocycles. The Morgan fingerprint density at radius 3 is 2.82 bits per heavy atom. The summed E-state index contributed by atoms with van der Waals surface area (Å²) in [6.45, 7) is 5.73. The Morgan fingerprint density at radius 1 is 1.41 bits per heavy atom. The summed E-state index contributed by atoms with van der Waals surface area (Å²) in [6, 6.07) is 5.57. The molecule has 0 fully saturated rings. The highest BCUT2D eigenvalue weighted by molar-refractivity contribution is 6.31. The van der Waals surface area contributed by atoms with E-state index in [2.05, 4.69) is 5.32 Å². The molecule has 1 aromatic rings. The monoisotopic (exact) mass is 257 g/mol. The Bertz CT molecular complexity index is 344. The van der Waals surface area contributed by atoms with E-state index in [-0.39, 0.29) is 6.61 Å². The summed E-state index contributed by atoms with van der Waals surface area (Å²) in [7, 11) is 0. The van der Waals surface area contributed by atoms with Gasteiger partial charge < -0.3 is 15.2 Å². The summed E-state index contributed by atoms with van der Waals surface area (Å²) in [5, 5.41) is 13.4. The minimum Gasteiger partial charge on any atom is -0.491 e. The van der Waals surface area contributed by atoms with Crippen LogP contribution in [0.4, 0.5) is 0 Å². The van der Waals surface area contributed by atoms with Gasteiger partial charge in [0.25, 0.3) is 0 Å². The van der Waals surface area contributed by atoms with E-state index >= 15 is 0 Å². The normalized spacial score (nSPS) is 12.5. The van der Waals surface area contributed by atoms with Crippen LogP contribution < -0.4 is 10.1 Å². The molecule has 4 heteroatoms. The highest BCUT2D eigenvalue weighted by atomic mass is 35.5. The maximum Gasteiger partial charge on any atom is 0.119 e. The van der Waals surface area contributed by atoms with Crippen molar-refractivity contribution in [2.24, 2.45) is 0 Å². The average Bonchev–Trinajstić information content (AvgIpc) is 2.35. The van der Waals surface area contributed by atoms with Crippen LogP contribution in [0.1, 0.15) is 19.4 Å². The third kappa shape index (κ3) is 4.94. The highest BCUT2D eigenvalue weighted by Gasteiger charge is 2.05. The lowest BCUT2D eigenvalue weighted by atomic mass is 10.1. The molecule has 0 saturated heterocycles. The van der Waals surface area contributed by atoms with Crippen molar-refractivity contribution in [3.63, 3.8) is 0 Å². The molecule has 1 atom stereocenters. The second kappa shape index (κ2) is 7.54. The molecule has 0 bridgehead atoms. The van der Waals surface area contributed by atoms with E-state index in [1.807, 2.05) is 32.0 Å². The van der Waals surface area contributed by atoms with Crippen molar-refractivity contribution in [3.8, 4) is 5.75 Å². The van der Waals surface area contributed by atoms with E-state index in [0.29, 0.717) is 6.54 Å². The summed E-state index contributed by atoms with van der Waals surface area (Å²) in [5.74, 6) is 0.752. The first-order valence-electron chi connectivity index (χ1n) is 5.97. The van der Waals surface area contributed by atoms with Gasteiger partial charge in [-0.25, -0.2) is 0 Å². The molecule has 0 aliphatic rings. The molecule has 0 heterocycles. The number of halogens is 1. The third-order valence-corrected chi connectivity index (χ3v) is 2.84. The van der Waals surface area contributed by atoms with Gasteiger partial charge in [-0.3, -0.25) is 0 Å². The minimum absolute atomic E-state index is 0.289. The number of aliphatic hydroxyl groups is 1. The van der Waals surface area contributed by atoms with Gasteiger partial charge in [-0.1, -0.05) is 25.4 Å². The van der Waals surface area contributed by atoms with E-state index in [4.69, 9.17) is 16.3 Å².